The first kappa shape index (κ1) is 16.5. The van der Waals surface area contributed by atoms with Crippen LogP contribution in [0.3, 0.4) is 0 Å². The molecule has 4 nitrogen and oxygen atoms in total. The van der Waals surface area contributed by atoms with E-state index in [1.54, 1.807) is 20.9 Å². The number of furan rings is 1. The standard InChI is InChI=1S/C13H22ClNO3S/c1-9(2)6-7-15(5)19(16,17)13-11(4)18-10(3)12(13)8-14/h9H,6-8H2,1-5H3. The lowest BCUT2D eigenvalue weighted by Gasteiger charge is -2.18. The smallest absolute Gasteiger partial charge is 0.246 e. The van der Waals surface area contributed by atoms with Crippen LogP contribution in [-0.4, -0.2) is 26.3 Å². The Hall–Kier alpha value is -0.520. The molecule has 0 fully saturated rings. The van der Waals surface area contributed by atoms with E-state index in [0.717, 1.165) is 6.42 Å². The van der Waals surface area contributed by atoms with Crippen LogP contribution in [0.4, 0.5) is 0 Å². The molecule has 0 saturated heterocycles. The number of halogens is 1. The van der Waals surface area contributed by atoms with Gasteiger partial charge in [-0.15, -0.1) is 11.6 Å². The Morgan fingerprint density at radius 1 is 1.26 bits per heavy atom. The highest BCUT2D eigenvalue weighted by atomic mass is 35.5. The molecule has 19 heavy (non-hydrogen) atoms. The average Bonchev–Trinajstić information content (AvgIpc) is 2.60. The third-order valence-electron chi connectivity index (χ3n) is 3.15. The molecule has 0 spiro atoms. The first-order chi connectivity index (χ1) is 8.71. The monoisotopic (exact) mass is 307 g/mol. The lowest BCUT2D eigenvalue weighted by molar-refractivity contribution is 0.425. The minimum atomic E-state index is -3.53. The molecule has 0 aliphatic carbocycles. The van der Waals surface area contributed by atoms with E-state index in [-0.39, 0.29) is 10.8 Å². The highest BCUT2D eigenvalue weighted by molar-refractivity contribution is 7.89. The van der Waals surface area contributed by atoms with E-state index in [9.17, 15) is 8.42 Å². The number of aryl methyl sites for hydroxylation is 2. The number of nitrogens with zero attached hydrogens (tertiary/aromatic N) is 1. The largest absolute Gasteiger partial charge is 0.465 e. The maximum atomic E-state index is 12.6. The fourth-order valence-electron chi connectivity index (χ4n) is 1.92. The maximum absolute atomic E-state index is 12.6. The van der Waals surface area contributed by atoms with Crippen molar-refractivity contribution in [2.24, 2.45) is 5.92 Å². The van der Waals surface area contributed by atoms with Crippen LogP contribution in [0.25, 0.3) is 0 Å². The predicted octanol–water partition coefficient (Wildman–Crippen LogP) is 3.30. The predicted molar refractivity (Wildman–Crippen MR) is 77.0 cm³/mol. The van der Waals surface area contributed by atoms with Crippen molar-refractivity contribution in [2.75, 3.05) is 13.6 Å². The Labute approximate surface area is 120 Å². The molecule has 0 aromatic carbocycles. The van der Waals surface area contributed by atoms with Gasteiger partial charge in [-0.05, 0) is 26.2 Å². The van der Waals surface area contributed by atoms with E-state index in [0.29, 0.717) is 29.5 Å². The second-order valence-corrected chi connectivity index (χ2v) is 7.41. The second kappa shape index (κ2) is 6.29. The first-order valence-electron chi connectivity index (χ1n) is 6.33. The Morgan fingerprint density at radius 2 is 1.84 bits per heavy atom. The molecule has 0 unspecified atom stereocenters. The number of alkyl halides is 1. The normalized spacial score (nSPS) is 12.6. The van der Waals surface area contributed by atoms with Gasteiger partial charge >= 0.3 is 0 Å². The molecule has 1 rings (SSSR count). The van der Waals surface area contributed by atoms with Crippen molar-refractivity contribution < 1.29 is 12.8 Å². The molecule has 6 heteroatoms. The van der Waals surface area contributed by atoms with Gasteiger partial charge in [-0.2, -0.15) is 0 Å². The van der Waals surface area contributed by atoms with Crippen LogP contribution in [0.15, 0.2) is 9.31 Å². The summed E-state index contributed by atoms with van der Waals surface area (Å²) in [5.74, 6) is 1.57. The average molecular weight is 308 g/mol. The minimum Gasteiger partial charge on any atom is -0.465 e. The summed E-state index contributed by atoms with van der Waals surface area (Å²) < 4.78 is 31.9. The van der Waals surface area contributed by atoms with Crippen molar-refractivity contribution in [1.82, 2.24) is 4.31 Å². The zero-order valence-corrected chi connectivity index (χ0v) is 13.7. The van der Waals surface area contributed by atoms with Gasteiger partial charge in [0.05, 0.1) is 5.88 Å². The molecule has 1 heterocycles. The fraction of sp³-hybridized carbons (Fsp3) is 0.692. The molecule has 0 saturated carbocycles. The summed E-state index contributed by atoms with van der Waals surface area (Å²) >= 11 is 5.85. The van der Waals surface area contributed by atoms with Crippen LogP contribution in [0, 0.1) is 19.8 Å². The van der Waals surface area contributed by atoms with Gasteiger partial charge in [-0.1, -0.05) is 13.8 Å². The van der Waals surface area contributed by atoms with E-state index in [2.05, 4.69) is 13.8 Å². The lowest BCUT2D eigenvalue weighted by atomic mass is 10.1. The Kier molecular flexibility index (Phi) is 5.47. The van der Waals surface area contributed by atoms with E-state index in [4.69, 9.17) is 16.0 Å². The van der Waals surface area contributed by atoms with Crippen molar-refractivity contribution in [2.45, 2.75) is 44.9 Å². The molecular formula is C13H22ClNO3S. The second-order valence-electron chi connectivity index (χ2n) is 5.16. The topological polar surface area (TPSA) is 50.5 Å². The summed E-state index contributed by atoms with van der Waals surface area (Å²) in [6, 6.07) is 0. The van der Waals surface area contributed by atoms with Crippen molar-refractivity contribution in [1.29, 1.82) is 0 Å². The molecule has 0 atom stereocenters. The van der Waals surface area contributed by atoms with E-state index in [1.807, 2.05) is 0 Å². The van der Waals surface area contributed by atoms with Crippen molar-refractivity contribution >= 4 is 21.6 Å². The molecule has 0 aliphatic heterocycles. The van der Waals surface area contributed by atoms with Gasteiger partial charge in [0.1, 0.15) is 16.4 Å². The van der Waals surface area contributed by atoms with Crippen molar-refractivity contribution in [3.05, 3.63) is 17.1 Å². The summed E-state index contributed by atoms with van der Waals surface area (Å²) in [6.45, 7) is 8.02. The number of hydrogen-bond acceptors (Lipinski definition) is 3. The van der Waals surface area contributed by atoms with Crippen LogP contribution in [0.1, 0.15) is 37.4 Å². The Morgan fingerprint density at radius 3 is 2.32 bits per heavy atom. The van der Waals surface area contributed by atoms with Gasteiger partial charge in [0.2, 0.25) is 10.0 Å². The highest BCUT2D eigenvalue weighted by Gasteiger charge is 2.29. The Balaban J connectivity index is 3.13. The molecule has 1 aromatic heterocycles. The van der Waals surface area contributed by atoms with E-state index < -0.39 is 10.0 Å². The van der Waals surface area contributed by atoms with Gasteiger partial charge in [-0.25, -0.2) is 12.7 Å². The molecule has 0 radical (unpaired) electrons. The van der Waals surface area contributed by atoms with E-state index >= 15 is 0 Å². The van der Waals surface area contributed by atoms with Crippen molar-refractivity contribution in [3.8, 4) is 0 Å². The van der Waals surface area contributed by atoms with Gasteiger partial charge in [0.15, 0.2) is 0 Å². The molecule has 1 aromatic rings. The van der Waals surface area contributed by atoms with Crippen LogP contribution in [-0.2, 0) is 15.9 Å². The Bertz CT molecular complexity index is 534. The lowest BCUT2D eigenvalue weighted by Crippen LogP contribution is -2.29. The molecule has 110 valence electrons. The molecule has 0 bridgehead atoms. The summed E-state index contributed by atoms with van der Waals surface area (Å²) in [6.07, 6.45) is 0.821. The third kappa shape index (κ3) is 3.52. The van der Waals surface area contributed by atoms with Crippen molar-refractivity contribution in [3.63, 3.8) is 0 Å². The van der Waals surface area contributed by atoms with Gasteiger partial charge in [0.25, 0.3) is 0 Å². The van der Waals surface area contributed by atoms with Crippen LogP contribution in [0.5, 0.6) is 0 Å². The maximum Gasteiger partial charge on any atom is 0.246 e. The van der Waals surface area contributed by atoms with Crippen LogP contribution in [0.2, 0.25) is 0 Å². The van der Waals surface area contributed by atoms with Crippen LogP contribution >= 0.6 is 11.6 Å². The summed E-state index contributed by atoms with van der Waals surface area (Å²) in [4.78, 5) is 0.228. The van der Waals surface area contributed by atoms with Gasteiger partial charge in [-0.3, -0.25) is 0 Å². The summed E-state index contributed by atoms with van der Waals surface area (Å²) in [5, 5.41) is 0. The first-order valence-corrected chi connectivity index (χ1v) is 8.30. The molecule has 0 N–H and O–H groups in total. The summed E-state index contributed by atoms with van der Waals surface area (Å²) in [5.41, 5.74) is 0.565. The number of rotatable bonds is 6. The van der Waals surface area contributed by atoms with E-state index in [1.165, 1.54) is 4.31 Å². The quantitative estimate of drug-likeness (QED) is 0.758. The molecular weight excluding hydrogens is 286 g/mol. The number of sulfonamides is 1. The summed E-state index contributed by atoms with van der Waals surface area (Å²) in [7, 11) is -1.94. The SMILES string of the molecule is Cc1oc(C)c(S(=O)(=O)N(C)CCC(C)C)c1CCl. The van der Waals surface area contributed by atoms with Crippen LogP contribution < -0.4 is 0 Å². The zero-order chi connectivity index (χ0) is 14.8. The van der Waals surface area contributed by atoms with Gasteiger partial charge < -0.3 is 4.42 Å². The third-order valence-corrected chi connectivity index (χ3v) is 5.47. The zero-order valence-electron chi connectivity index (χ0n) is 12.2. The molecule has 0 aliphatic rings. The number of hydrogen-bond donors (Lipinski definition) is 0. The molecule has 0 amide bonds. The van der Waals surface area contributed by atoms with Gasteiger partial charge in [0, 0.05) is 19.2 Å². The fourth-order valence-corrected chi connectivity index (χ4v) is 3.91. The highest BCUT2D eigenvalue weighted by Crippen LogP contribution is 2.30. The minimum absolute atomic E-state index is 0.135.